The van der Waals surface area contributed by atoms with E-state index in [2.05, 4.69) is 10.1 Å². The molecule has 58 valence electrons. The third-order valence-electron chi connectivity index (χ3n) is 1.61. The molecule has 1 rings (SSSR count). The monoisotopic (exact) mass is 145 g/mol. The topological polar surface area (TPSA) is 47.6 Å². The van der Waals surface area contributed by atoms with E-state index in [0.29, 0.717) is 0 Å². The van der Waals surface area contributed by atoms with E-state index in [4.69, 9.17) is 4.74 Å². The zero-order valence-corrected chi connectivity index (χ0v) is 6.14. The Hall–Kier alpha value is -0.770. The smallest absolute Gasteiger partial charge is 0.438 e. The van der Waals surface area contributed by atoms with Gasteiger partial charge in [-0.3, -0.25) is 5.32 Å². The van der Waals surface area contributed by atoms with Crippen molar-refractivity contribution in [3.63, 3.8) is 0 Å². The second kappa shape index (κ2) is 2.46. The number of rotatable bonds is 2. The number of carbonyl (C=O) groups is 1. The minimum Gasteiger partial charge on any atom is -0.438 e. The van der Waals surface area contributed by atoms with Gasteiger partial charge in [-0.1, -0.05) is 0 Å². The van der Waals surface area contributed by atoms with Gasteiger partial charge < -0.3 is 9.47 Å². The van der Waals surface area contributed by atoms with Crippen LogP contribution in [0.2, 0.25) is 0 Å². The van der Waals surface area contributed by atoms with E-state index in [0.717, 1.165) is 12.8 Å². The average Bonchev–Trinajstić information content (AvgIpc) is 2.70. The van der Waals surface area contributed by atoms with Crippen molar-refractivity contribution in [1.29, 1.82) is 0 Å². The molecular formula is C6H11NO3. The molecule has 0 atom stereocenters. The van der Waals surface area contributed by atoms with Gasteiger partial charge in [0.1, 0.15) is 0 Å². The first-order valence-electron chi connectivity index (χ1n) is 3.18. The van der Waals surface area contributed by atoms with E-state index in [1.54, 1.807) is 7.05 Å². The predicted molar refractivity (Wildman–Crippen MR) is 34.5 cm³/mol. The molecule has 0 aliphatic heterocycles. The van der Waals surface area contributed by atoms with E-state index in [-0.39, 0.29) is 0 Å². The Kier molecular flexibility index (Phi) is 1.80. The maximum atomic E-state index is 10.5. The summed E-state index contributed by atoms with van der Waals surface area (Å²) in [6, 6.07) is 0. The average molecular weight is 145 g/mol. The highest BCUT2D eigenvalue weighted by molar-refractivity contribution is 5.60. The third-order valence-corrected chi connectivity index (χ3v) is 1.61. The summed E-state index contributed by atoms with van der Waals surface area (Å²) in [5, 5.41) is 2.89. The lowest BCUT2D eigenvalue weighted by molar-refractivity contribution is 0.0138. The van der Waals surface area contributed by atoms with Crippen LogP contribution in [-0.2, 0) is 9.47 Å². The summed E-state index contributed by atoms with van der Waals surface area (Å²) >= 11 is 0. The molecule has 0 aromatic heterocycles. The van der Waals surface area contributed by atoms with E-state index in [9.17, 15) is 4.79 Å². The summed E-state index contributed by atoms with van der Waals surface area (Å²) in [7, 11) is 3.06. The summed E-state index contributed by atoms with van der Waals surface area (Å²) < 4.78 is 9.20. The molecule has 1 aliphatic rings. The Morgan fingerprint density at radius 2 is 2.20 bits per heavy atom. The molecule has 0 saturated heterocycles. The number of hydrogen-bond donors (Lipinski definition) is 1. The van der Waals surface area contributed by atoms with Crippen LogP contribution in [0, 0.1) is 0 Å². The van der Waals surface area contributed by atoms with Gasteiger partial charge in [0, 0.05) is 12.8 Å². The lowest BCUT2D eigenvalue weighted by Crippen LogP contribution is -2.32. The summed E-state index contributed by atoms with van der Waals surface area (Å²) in [6.07, 6.45) is 1.13. The van der Waals surface area contributed by atoms with Crippen LogP contribution in [0.3, 0.4) is 0 Å². The van der Waals surface area contributed by atoms with Crippen molar-refractivity contribution >= 4 is 6.16 Å². The van der Waals surface area contributed by atoms with Crippen molar-refractivity contribution in [3.05, 3.63) is 0 Å². The van der Waals surface area contributed by atoms with E-state index in [1.165, 1.54) is 7.11 Å². The minimum absolute atomic E-state index is 0.410. The number of carbonyl (C=O) groups excluding carboxylic acids is 1. The normalized spacial score (nSPS) is 19.8. The highest BCUT2D eigenvalue weighted by Crippen LogP contribution is 2.36. The molecule has 1 saturated carbocycles. The standard InChI is InChI=1S/C6H11NO3/c1-7-6(3-4-6)10-5(8)9-2/h7H,3-4H2,1-2H3. The van der Waals surface area contributed by atoms with E-state index >= 15 is 0 Å². The second-order valence-electron chi connectivity index (χ2n) is 2.30. The molecule has 0 aromatic rings. The zero-order chi connectivity index (χ0) is 7.61. The fraction of sp³-hybridized carbons (Fsp3) is 0.833. The van der Waals surface area contributed by atoms with Crippen LogP contribution in [0.4, 0.5) is 4.79 Å². The molecule has 1 aliphatic carbocycles. The molecule has 0 unspecified atom stereocenters. The Balaban J connectivity index is 2.30. The van der Waals surface area contributed by atoms with Gasteiger partial charge in [0.25, 0.3) is 0 Å². The first-order valence-corrected chi connectivity index (χ1v) is 3.18. The molecule has 10 heavy (non-hydrogen) atoms. The number of hydrogen-bond acceptors (Lipinski definition) is 4. The molecule has 4 nitrogen and oxygen atoms in total. The van der Waals surface area contributed by atoms with Crippen LogP contribution < -0.4 is 5.32 Å². The highest BCUT2D eigenvalue weighted by Gasteiger charge is 2.45. The van der Waals surface area contributed by atoms with Crippen LogP contribution in [0.25, 0.3) is 0 Å². The van der Waals surface area contributed by atoms with Gasteiger partial charge in [0.15, 0.2) is 5.72 Å². The van der Waals surface area contributed by atoms with Gasteiger partial charge in [0.05, 0.1) is 7.11 Å². The van der Waals surface area contributed by atoms with Crippen molar-refractivity contribution in [2.24, 2.45) is 0 Å². The maximum absolute atomic E-state index is 10.5. The maximum Gasteiger partial charge on any atom is 0.509 e. The van der Waals surface area contributed by atoms with Gasteiger partial charge in [-0.15, -0.1) is 0 Å². The second-order valence-corrected chi connectivity index (χ2v) is 2.30. The Morgan fingerprint density at radius 3 is 2.50 bits per heavy atom. The van der Waals surface area contributed by atoms with Crippen LogP contribution in [0.1, 0.15) is 12.8 Å². The van der Waals surface area contributed by atoms with Crippen LogP contribution in [0.15, 0.2) is 0 Å². The van der Waals surface area contributed by atoms with Gasteiger partial charge in [-0.25, -0.2) is 4.79 Å². The SMILES string of the molecule is CNC1(OC(=O)OC)CC1. The fourth-order valence-corrected chi connectivity index (χ4v) is 0.718. The molecule has 0 aromatic carbocycles. The number of ether oxygens (including phenoxy) is 2. The lowest BCUT2D eigenvalue weighted by Gasteiger charge is -2.13. The molecule has 1 fully saturated rings. The number of nitrogens with one attached hydrogen (secondary N) is 1. The van der Waals surface area contributed by atoms with Gasteiger partial charge in [-0.05, 0) is 7.05 Å². The zero-order valence-electron chi connectivity index (χ0n) is 6.14. The third kappa shape index (κ3) is 1.39. The van der Waals surface area contributed by atoms with Gasteiger partial charge >= 0.3 is 6.16 Å². The highest BCUT2D eigenvalue weighted by atomic mass is 16.7. The first kappa shape index (κ1) is 7.34. The molecule has 0 radical (unpaired) electrons. The van der Waals surface area contributed by atoms with E-state index < -0.39 is 11.9 Å². The lowest BCUT2D eigenvalue weighted by atomic mass is 10.6. The quantitative estimate of drug-likeness (QED) is 0.453. The molecule has 1 N–H and O–H groups in total. The van der Waals surface area contributed by atoms with Crippen molar-refractivity contribution in [1.82, 2.24) is 5.32 Å². The fourth-order valence-electron chi connectivity index (χ4n) is 0.718. The summed E-state index contributed by atoms with van der Waals surface area (Å²) in [6.45, 7) is 0. The van der Waals surface area contributed by atoms with Crippen LogP contribution in [-0.4, -0.2) is 26.0 Å². The minimum atomic E-state index is -0.619. The number of methoxy groups -OCH3 is 1. The Bertz CT molecular complexity index is 142. The molecule has 4 heteroatoms. The predicted octanol–water partition coefficient (Wildman–Crippen LogP) is 0.479. The summed E-state index contributed by atoms with van der Waals surface area (Å²) in [5.74, 6) is 0. The summed E-state index contributed by atoms with van der Waals surface area (Å²) in [4.78, 5) is 10.5. The van der Waals surface area contributed by atoms with Crippen molar-refractivity contribution in [3.8, 4) is 0 Å². The molecule has 0 heterocycles. The van der Waals surface area contributed by atoms with Crippen LogP contribution in [0.5, 0.6) is 0 Å². The molecule has 0 spiro atoms. The Labute approximate surface area is 59.5 Å². The summed E-state index contributed by atoms with van der Waals surface area (Å²) in [5.41, 5.74) is -0.410. The van der Waals surface area contributed by atoms with Gasteiger partial charge in [-0.2, -0.15) is 0 Å². The van der Waals surface area contributed by atoms with E-state index in [1.807, 2.05) is 0 Å². The Morgan fingerprint density at radius 1 is 1.60 bits per heavy atom. The largest absolute Gasteiger partial charge is 0.509 e. The van der Waals surface area contributed by atoms with Crippen LogP contribution >= 0.6 is 0 Å². The van der Waals surface area contributed by atoms with Crippen molar-refractivity contribution < 1.29 is 14.3 Å². The van der Waals surface area contributed by atoms with Crippen molar-refractivity contribution in [2.45, 2.75) is 18.6 Å². The first-order chi connectivity index (χ1) is 4.72. The van der Waals surface area contributed by atoms with Gasteiger partial charge in [0.2, 0.25) is 0 Å². The molecule has 0 amide bonds. The van der Waals surface area contributed by atoms with Crippen molar-refractivity contribution in [2.75, 3.05) is 14.2 Å². The molecular weight excluding hydrogens is 134 g/mol. The molecule has 0 bridgehead atoms.